The van der Waals surface area contributed by atoms with E-state index in [1.807, 2.05) is 6.07 Å². The molecule has 1 aromatic rings. The lowest BCUT2D eigenvalue weighted by atomic mass is 9.83. The van der Waals surface area contributed by atoms with Gasteiger partial charge in [-0.2, -0.15) is 0 Å². The summed E-state index contributed by atoms with van der Waals surface area (Å²) in [6.45, 7) is 0.898. The Labute approximate surface area is 126 Å². The van der Waals surface area contributed by atoms with E-state index in [1.54, 1.807) is 12.4 Å². The van der Waals surface area contributed by atoms with Gasteiger partial charge in [0.25, 0.3) is 0 Å². The fraction of sp³-hybridized carbons (Fsp3) is 0.571. The average molecular weight is 341 g/mol. The van der Waals surface area contributed by atoms with Crippen LogP contribution >= 0.6 is 15.9 Å². The van der Waals surface area contributed by atoms with Crippen LogP contribution < -0.4 is 5.32 Å². The number of nitrogens with one attached hydrogen (secondary N) is 1. The zero-order chi connectivity index (χ0) is 14.2. The lowest BCUT2D eigenvalue weighted by Gasteiger charge is -2.38. The normalized spacial score (nSPS) is 31.5. The number of hydrogen-bond donors (Lipinski definition) is 1. The molecule has 0 spiro atoms. The number of piperidine rings is 1. The fourth-order valence-electron chi connectivity index (χ4n) is 3.41. The van der Waals surface area contributed by atoms with Gasteiger partial charge in [0.1, 0.15) is 12.2 Å². The number of hydrogen-bond acceptors (Lipinski definition) is 5. The van der Waals surface area contributed by atoms with E-state index < -0.39 is 5.60 Å². The van der Waals surface area contributed by atoms with Crippen molar-refractivity contribution in [3.05, 3.63) is 28.5 Å². The lowest BCUT2D eigenvalue weighted by Crippen LogP contribution is -2.44. The second-order valence-corrected chi connectivity index (χ2v) is 6.21. The third-order valence-corrected chi connectivity index (χ3v) is 4.97. The Balaban J connectivity index is 1.92. The number of fused-ring (bicyclic) bond motifs is 2. The Kier molecular flexibility index (Phi) is 3.79. The monoisotopic (exact) mass is 340 g/mol. The molecule has 1 aromatic heterocycles. The summed E-state index contributed by atoms with van der Waals surface area (Å²) in [6.07, 6.45) is 5.49. The Hall–Kier alpha value is -0.980. The van der Waals surface area contributed by atoms with Crippen LogP contribution in [-0.2, 0) is 19.9 Å². The summed E-state index contributed by atoms with van der Waals surface area (Å²) in [5.41, 5.74) is 0.650. The fourth-order valence-corrected chi connectivity index (χ4v) is 4.00. The van der Waals surface area contributed by atoms with Crippen LogP contribution in [0.2, 0.25) is 0 Å². The van der Waals surface area contributed by atoms with E-state index in [1.165, 1.54) is 7.11 Å². The standard InChI is InChI=1S/C14H17BrN2O3/c1-19-13(18)8-20-14(5-10-4-9(14)6-17-10)11-2-3-16-7-12(11)15/h2-3,7,9-10,17H,4-6,8H2,1H3. The molecule has 1 aliphatic heterocycles. The Bertz CT molecular complexity index is 525. The Morgan fingerprint density at radius 1 is 1.65 bits per heavy atom. The van der Waals surface area contributed by atoms with Crippen LogP contribution in [0.5, 0.6) is 0 Å². The first-order valence-electron chi connectivity index (χ1n) is 6.70. The summed E-state index contributed by atoms with van der Waals surface area (Å²) < 4.78 is 11.7. The van der Waals surface area contributed by atoms with E-state index in [9.17, 15) is 4.79 Å². The number of methoxy groups -OCH3 is 1. The van der Waals surface area contributed by atoms with Crippen molar-refractivity contribution in [1.82, 2.24) is 10.3 Å². The second-order valence-electron chi connectivity index (χ2n) is 5.35. The number of pyridine rings is 1. The van der Waals surface area contributed by atoms with Crippen molar-refractivity contribution in [2.75, 3.05) is 20.3 Å². The summed E-state index contributed by atoms with van der Waals surface area (Å²) in [4.78, 5) is 15.6. The van der Waals surface area contributed by atoms with Gasteiger partial charge in [0.2, 0.25) is 0 Å². The predicted molar refractivity (Wildman–Crippen MR) is 76.1 cm³/mol. The second kappa shape index (κ2) is 5.42. The van der Waals surface area contributed by atoms with Gasteiger partial charge in [-0.15, -0.1) is 0 Å². The number of ether oxygens (including phenoxy) is 2. The first-order chi connectivity index (χ1) is 9.65. The summed E-state index contributed by atoms with van der Waals surface area (Å²) in [5, 5.41) is 3.47. The van der Waals surface area contributed by atoms with Crippen molar-refractivity contribution < 1.29 is 14.3 Å². The van der Waals surface area contributed by atoms with Crippen molar-refractivity contribution >= 4 is 21.9 Å². The molecule has 6 heteroatoms. The Morgan fingerprint density at radius 2 is 2.50 bits per heavy atom. The van der Waals surface area contributed by atoms with Gasteiger partial charge in [-0.3, -0.25) is 4.98 Å². The maximum Gasteiger partial charge on any atom is 0.331 e. The molecule has 3 atom stereocenters. The van der Waals surface area contributed by atoms with E-state index in [-0.39, 0.29) is 12.6 Å². The molecule has 1 aliphatic carbocycles. The maximum absolute atomic E-state index is 11.4. The minimum atomic E-state index is -0.425. The van der Waals surface area contributed by atoms with Gasteiger partial charge in [-0.25, -0.2) is 4.79 Å². The predicted octanol–water partition coefficient (Wildman–Crippen LogP) is 1.61. The van der Waals surface area contributed by atoms with Crippen molar-refractivity contribution in [3.63, 3.8) is 0 Å². The first-order valence-corrected chi connectivity index (χ1v) is 7.49. The van der Waals surface area contributed by atoms with E-state index in [2.05, 4.69) is 26.2 Å². The maximum atomic E-state index is 11.4. The SMILES string of the molecule is COC(=O)COC1(c2ccncc2Br)CC2CC1CN2. The van der Waals surface area contributed by atoms with Crippen LogP contribution in [0, 0.1) is 5.92 Å². The molecule has 2 bridgehead atoms. The highest BCUT2D eigenvalue weighted by molar-refractivity contribution is 9.10. The van der Waals surface area contributed by atoms with Gasteiger partial charge in [-0.05, 0) is 34.8 Å². The highest BCUT2D eigenvalue weighted by atomic mass is 79.9. The van der Waals surface area contributed by atoms with E-state index in [4.69, 9.17) is 9.47 Å². The molecule has 1 saturated heterocycles. The average Bonchev–Trinajstić information content (AvgIpc) is 3.06. The third-order valence-electron chi connectivity index (χ3n) is 4.33. The van der Waals surface area contributed by atoms with E-state index in [0.29, 0.717) is 12.0 Å². The molecule has 3 unspecified atom stereocenters. The van der Waals surface area contributed by atoms with Gasteiger partial charge in [-0.1, -0.05) is 0 Å². The number of carbonyl (C=O) groups is 1. The summed E-state index contributed by atoms with van der Waals surface area (Å²) in [6, 6.07) is 2.43. The molecule has 0 aromatic carbocycles. The quantitative estimate of drug-likeness (QED) is 0.844. The van der Waals surface area contributed by atoms with Crippen LogP contribution in [0.4, 0.5) is 0 Å². The van der Waals surface area contributed by atoms with E-state index in [0.717, 1.165) is 29.4 Å². The van der Waals surface area contributed by atoms with Gasteiger partial charge >= 0.3 is 5.97 Å². The van der Waals surface area contributed by atoms with Crippen LogP contribution in [0.25, 0.3) is 0 Å². The van der Waals surface area contributed by atoms with Gasteiger partial charge in [0.05, 0.1) is 7.11 Å². The van der Waals surface area contributed by atoms with Crippen LogP contribution in [0.3, 0.4) is 0 Å². The van der Waals surface area contributed by atoms with Crippen molar-refractivity contribution in [1.29, 1.82) is 0 Å². The third kappa shape index (κ3) is 2.25. The summed E-state index contributed by atoms with van der Waals surface area (Å²) in [7, 11) is 1.38. The molecule has 1 saturated carbocycles. The number of aromatic nitrogens is 1. The molecule has 3 rings (SSSR count). The van der Waals surface area contributed by atoms with Gasteiger partial charge in [0, 0.05) is 40.9 Å². The molecule has 5 nitrogen and oxygen atoms in total. The highest BCUT2D eigenvalue weighted by Crippen LogP contribution is 2.51. The summed E-state index contributed by atoms with van der Waals surface area (Å²) >= 11 is 3.56. The number of nitrogens with zero attached hydrogens (tertiary/aromatic N) is 1. The van der Waals surface area contributed by atoms with Crippen molar-refractivity contribution in [2.45, 2.75) is 24.5 Å². The smallest absolute Gasteiger partial charge is 0.331 e. The summed E-state index contributed by atoms with van der Waals surface area (Å²) in [5.74, 6) is 0.0288. The molecule has 20 heavy (non-hydrogen) atoms. The highest BCUT2D eigenvalue weighted by Gasteiger charge is 2.54. The molecule has 2 aliphatic rings. The lowest BCUT2D eigenvalue weighted by molar-refractivity contribution is -0.158. The van der Waals surface area contributed by atoms with Gasteiger partial charge in [0.15, 0.2) is 0 Å². The minimum absolute atomic E-state index is 0.0194. The van der Waals surface area contributed by atoms with Crippen molar-refractivity contribution in [2.24, 2.45) is 5.92 Å². The molecule has 2 heterocycles. The van der Waals surface area contributed by atoms with Crippen molar-refractivity contribution in [3.8, 4) is 0 Å². The minimum Gasteiger partial charge on any atom is -0.467 e. The molecule has 0 radical (unpaired) electrons. The number of halogens is 1. The largest absolute Gasteiger partial charge is 0.467 e. The molecule has 1 N–H and O–H groups in total. The van der Waals surface area contributed by atoms with Crippen LogP contribution in [0.15, 0.2) is 22.9 Å². The molecule has 0 amide bonds. The zero-order valence-corrected chi connectivity index (χ0v) is 12.9. The molecular formula is C14H17BrN2O3. The zero-order valence-electron chi connectivity index (χ0n) is 11.3. The Morgan fingerprint density at radius 3 is 3.10 bits per heavy atom. The molecular weight excluding hydrogens is 324 g/mol. The van der Waals surface area contributed by atoms with Crippen LogP contribution in [0.1, 0.15) is 18.4 Å². The topological polar surface area (TPSA) is 60.5 Å². The number of rotatable bonds is 4. The number of carbonyl (C=O) groups excluding carboxylic acids is 1. The molecule has 2 fully saturated rings. The first kappa shape index (κ1) is 14.0. The van der Waals surface area contributed by atoms with Gasteiger partial charge < -0.3 is 14.8 Å². The molecule has 108 valence electrons. The number of esters is 1. The van der Waals surface area contributed by atoms with E-state index >= 15 is 0 Å². The van der Waals surface area contributed by atoms with Crippen LogP contribution in [-0.4, -0.2) is 37.3 Å².